The second-order valence-corrected chi connectivity index (χ2v) is 7.46. The van der Waals surface area contributed by atoms with Gasteiger partial charge in [-0.25, -0.2) is 8.78 Å². The molecule has 0 saturated carbocycles. The molecule has 144 valence electrons. The largest absolute Gasteiger partial charge is 0.322 e. The van der Waals surface area contributed by atoms with Gasteiger partial charge in [-0.2, -0.15) is 0 Å². The summed E-state index contributed by atoms with van der Waals surface area (Å²) in [6.07, 6.45) is 4.98. The Bertz CT molecular complexity index is 780. The highest BCUT2D eigenvalue weighted by molar-refractivity contribution is 6.10. The molecule has 3 rings (SSSR count). The first-order valence-electron chi connectivity index (χ1n) is 9.07. The van der Waals surface area contributed by atoms with Gasteiger partial charge >= 0.3 is 0 Å². The number of hydrogen-bond acceptors (Lipinski definition) is 3. The summed E-state index contributed by atoms with van der Waals surface area (Å²) in [5, 5.41) is 2.40. The molecule has 1 fully saturated rings. The van der Waals surface area contributed by atoms with Crippen molar-refractivity contribution in [3.8, 4) is 0 Å². The maximum atomic E-state index is 13.9. The van der Waals surface area contributed by atoms with E-state index in [2.05, 4.69) is 5.32 Å². The lowest BCUT2D eigenvalue weighted by Crippen LogP contribution is -2.48. The van der Waals surface area contributed by atoms with Gasteiger partial charge in [0.2, 0.25) is 17.7 Å². The Balaban J connectivity index is 1.86. The third-order valence-corrected chi connectivity index (χ3v) is 5.04. The fourth-order valence-corrected chi connectivity index (χ4v) is 3.72. The molecule has 7 heteroatoms. The van der Waals surface area contributed by atoms with Gasteiger partial charge in [0.25, 0.3) is 0 Å². The van der Waals surface area contributed by atoms with Crippen molar-refractivity contribution in [1.29, 1.82) is 0 Å². The molecule has 1 heterocycles. The number of likely N-dealkylation sites (tertiary alicyclic amines) is 1. The molecule has 1 aromatic carbocycles. The van der Waals surface area contributed by atoms with Crippen LogP contribution in [0.5, 0.6) is 0 Å². The van der Waals surface area contributed by atoms with Crippen LogP contribution in [0, 0.1) is 29.4 Å². The highest BCUT2D eigenvalue weighted by Gasteiger charge is 2.51. The summed E-state index contributed by atoms with van der Waals surface area (Å²) in [4.78, 5) is 39.5. The van der Waals surface area contributed by atoms with Gasteiger partial charge in [-0.05, 0) is 37.3 Å². The Morgan fingerprint density at radius 2 is 1.74 bits per heavy atom. The zero-order valence-electron chi connectivity index (χ0n) is 15.2. The van der Waals surface area contributed by atoms with Crippen LogP contribution >= 0.6 is 0 Å². The fraction of sp³-hybridized carbons (Fsp3) is 0.450. The number of imide groups is 1. The number of allylic oxidation sites excluding steroid dienone is 2. The Kier molecular flexibility index (Phi) is 5.39. The lowest BCUT2D eigenvalue weighted by molar-refractivity contribution is -0.147. The van der Waals surface area contributed by atoms with Crippen LogP contribution in [0.1, 0.15) is 33.1 Å². The SMILES string of the molecule is CC(C)CC(C(=O)Nc1ccc(F)cc1F)N1C(=O)C2CC=CCC2C1=O. The molecule has 1 saturated heterocycles. The number of nitrogens with one attached hydrogen (secondary N) is 1. The highest BCUT2D eigenvalue weighted by atomic mass is 19.1. The summed E-state index contributed by atoms with van der Waals surface area (Å²) in [5.74, 6) is -3.87. The van der Waals surface area contributed by atoms with Gasteiger partial charge in [0, 0.05) is 6.07 Å². The first-order valence-corrected chi connectivity index (χ1v) is 9.07. The minimum absolute atomic E-state index is 0.0279. The maximum Gasteiger partial charge on any atom is 0.247 e. The molecule has 0 aromatic heterocycles. The zero-order chi connectivity index (χ0) is 19.7. The average molecular weight is 376 g/mol. The number of halogens is 2. The molecule has 3 amide bonds. The van der Waals surface area contributed by atoms with E-state index in [0.29, 0.717) is 18.9 Å². The smallest absolute Gasteiger partial charge is 0.247 e. The van der Waals surface area contributed by atoms with Crippen LogP contribution in [0.2, 0.25) is 0 Å². The molecule has 0 radical (unpaired) electrons. The molecule has 1 aliphatic heterocycles. The van der Waals surface area contributed by atoms with Crippen molar-refractivity contribution >= 4 is 23.4 Å². The normalized spacial score (nSPS) is 22.9. The van der Waals surface area contributed by atoms with E-state index in [-0.39, 0.29) is 29.8 Å². The van der Waals surface area contributed by atoms with Crippen LogP contribution in [0.25, 0.3) is 0 Å². The van der Waals surface area contributed by atoms with E-state index in [0.717, 1.165) is 17.0 Å². The van der Waals surface area contributed by atoms with Gasteiger partial charge in [0.05, 0.1) is 17.5 Å². The van der Waals surface area contributed by atoms with Crippen LogP contribution in [0.4, 0.5) is 14.5 Å². The van der Waals surface area contributed by atoms with Crippen molar-refractivity contribution in [3.05, 3.63) is 42.0 Å². The summed E-state index contributed by atoms with van der Waals surface area (Å²) in [7, 11) is 0. The Labute approximate surface area is 156 Å². The van der Waals surface area contributed by atoms with Crippen molar-refractivity contribution in [2.75, 3.05) is 5.32 Å². The summed E-state index contributed by atoms with van der Waals surface area (Å²) in [5.41, 5.74) is -0.187. The molecular formula is C20H22F2N2O3. The van der Waals surface area contributed by atoms with Gasteiger partial charge < -0.3 is 5.32 Å². The van der Waals surface area contributed by atoms with Crippen molar-refractivity contribution in [2.24, 2.45) is 17.8 Å². The number of carbonyl (C=O) groups excluding carboxylic acids is 3. The van der Waals surface area contributed by atoms with Crippen molar-refractivity contribution in [2.45, 2.75) is 39.2 Å². The number of benzene rings is 1. The second kappa shape index (κ2) is 7.58. The molecule has 1 aliphatic carbocycles. The number of rotatable bonds is 5. The van der Waals surface area contributed by atoms with Crippen molar-refractivity contribution in [1.82, 2.24) is 4.90 Å². The van der Waals surface area contributed by atoms with Gasteiger partial charge in [0.1, 0.15) is 17.7 Å². The van der Waals surface area contributed by atoms with E-state index in [1.807, 2.05) is 26.0 Å². The van der Waals surface area contributed by atoms with Crippen LogP contribution in [0.3, 0.4) is 0 Å². The number of amides is 3. The van der Waals surface area contributed by atoms with Crippen molar-refractivity contribution < 1.29 is 23.2 Å². The topological polar surface area (TPSA) is 66.5 Å². The minimum Gasteiger partial charge on any atom is -0.322 e. The monoisotopic (exact) mass is 376 g/mol. The van der Waals surface area contributed by atoms with Crippen molar-refractivity contribution in [3.63, 3.8) is 0 Å². The minimum atomic E-state index is -1.03. The van der Waals surface area contributed by atoms with E-state index < -0.39 is 35.4 Å². The molecule has 1 N–H and O–H groups in total. The fourth-order valence-electron chi connectivity index (χ4n) is 3.72. The zero-order valence-corrected chi connectivity index (χ0v) is 15.2. The van der Waals surface area contributed by atoms with Crippen LogP contribution in [-0.2, 0) is 14.4 Å². The molecule has 27 heavy (non-hydrogen) atoms. The molecule has 2 aliphatic rings. The number of nitrogens with zero attached hydrogens (tertiary/aromatic N) is 1. The Morgan fingerprint density at radius 3 is 2.26 bits per heavy atom. The standard InChI is InChI=1S/C20H22F2N2O3/c1-11(2)9-17(18(25)23-16-8-7-12(21)10-15(16)22)24-19(26)13-5-3-4-6-14(13)20(24)27/h3-4,7-8,10-11,13-14,17H,5-6,9H2,1-2H3,(H,23,25). The lowest BCUT2D eigenvalue weighted by atomic mass is 9.85. The molecular weight excluding hydrogens is 354 g/mol. The second-order valence-electron chi connectivity index (χ2n) is 7.46. The molecule has 3 unspecified atom stereocenters. The molecule has 1 aromatic rings. The summed E-state index contributed by atoms with van der Waals surface area (Å²) in [6, 6.07) is 1.79. The number of carbonyl (C=O) groups is 3. The van der Waals surface area contributed by atoms with E-state index in [9.17, 15) is 23.2 Å². The number of hydrogen-bond donors (Lipinski definition) is 1. The van der Waals surface area contributed by atoms with E-state index in [1.165, 1.54) is 0 Å². The quantitative estimate of drug-likeness (QED) is 0.634. The van der Waals surface area contributed by atoms with Gasteiger partial charge in [-0.3, -0.25) is 19.3 Å². The average Bonchev–Trinajstić information content (AvgIpc) is 2.86. The predicted molar refractivity (Wildman–Crippen MR) is 95.4 cm³/mol. The predicted octanol–water partition coefficient (Wildman–Crippen LogP) is 3.27. The molecule has 0 spiro atoms. The van der Waals surface area contributed by atoms with Crippen LogP contribution in [0.15, 0.2) is 30.4 Å². The third kappa shape index (κ3) is 3.77. The Hall–Kier alpha value is -2.57. The van der Waals surface area contributed by atoms with Gasteiger partial charge in [0.15, 0.2) is 0 Å². The third-order valence-electron chi connectivity index (χ3n) is 5.04. The van der Waals surface area contributed by atoms with E-state index >= 15 is 0 Å². The van der Waals surface area contributed by atoms with Gasteiger partial charge in [-0.1, -0.05) is 26.0 Å². The van der Waals surface area contributed by atoms with Crippen LogP contribution in [-0.4, -0.2) is 28.7 Å². The first-order chi connectivity index (χ1) is 12.8. The van der Waals surface area contributed by atoms with Gasteiger partial charge in [-0.15, -0.1) is 0 Å². The molecule has 3 atom stereocenters. The summed E-state index contributed by atoms with van der Waals surface area (Å²) >= 11 is 0. The number of anilines is 1. The maximum absolute atomic E-state index is 13.9. The van der Waals surface area contributed by atoms with E-state index in [1.54, 1.807) is 0 Å². The first kappa shape index (κ1) is 19.2. The van der Waals surface area contributed by atoms with E-state index in [4.69, 9.17) is 0 Å². The van der Waals surface area contributed by atoms with Crippen LogP contribution < -0.4 is 5.32 Å². The summed E-state index contributed by atoms with van der Waals surface area (Å²) < 4.78 is 27.0. The molecule has 5 nitrogen and oxygen atoms in total. The highest BCUT2D eigenvalue weighted by Crippen LogP contribution is 2.37. The summed E-state index contributed by atoms with van der Waals surface area (Å²) in [6.45, 7) is 3.75. The lowest BCUT2D eigenvalue weighted by Gasteiger charge is -2.27. The number of fused-ring (bicyclic) bond motifs is 1. The Morgan fingerprint density at radius 1 is 1.15 bits per heavy atom. The molecule has 0 bridgehead atoms.